The van der Waals surface area contributed by atoms with Gasteiger partial charge in [0.15, 0.2) is 17.5 Å². The Balaban J connectivity index is 1.31. The van der Waals surface area contributed by atoms with Crippen molar-refractivity contribution in [3.8, 4) is 22.8 Å². The van der Waals surface area contributed by atoms with E-state index < -0.39 is 0 Å². The summed E-state index contributed by atoms with van der Waals surface area (Å²) >= 11 is 0. The maximum atomic E-state index is 5.03. The zero-order valence-corrected chi connectivity index (χ0v) is 27.8. The van der Waals surface area contributed by atoms with Crippen LogP contribution in [0, 0.1) is 11.3 Å². The Kier molecular flexibility index (Phi) is 9.35. The fourth-order valence-corrected chi connectivity index (χ4v) is 6.15. The van der Waals surface area contributed by atoms with Crippen LogP contribution in [0.2, 0.25) is 0 Å². The van der Waals surface area contributed by atoms with Crippen molar-refractivity contribution in [3.05, 3.63) is 161 Å². The van der Waals surface area contributed by atoms with Gasteiger partial charge in [0.1, 0.15) is 0 Å². The number of nitrogens with zero attached hydrogens (tertiary/aromatic N) is 4. The highest BCUT2D eigenvalue weighted by molar-refractivity contribution is 5.89. The van der Waals surface area contributed by atoms with Crippen molar-refractivity contribution in [1.82, 2.24) is 15.0 Å². The second kappa shape index (κ2) is 13.9. The van der Waals surface area contributed by atoms with Gasteiger partial charge in [-0.2, -0.15) is 0 Å². The first kappa shape index (κ1) is 31.6. The van der Waals surface area contributed by atoms with Crippen LogP contribution in [0.25, 0.3) is 28.3 Å². The third-order valence-corrected chi connectivity index (χ3v) is 8.50. The lowest BCUT2D eigenvalue weighted by molar-refractivity contribution is 0.505. The molecule has 0 bridgehead atoms. The molecule has 6 rings (SSSR count). The summed E-state index contributed by atoms with van der Waals surface area (Å²) in [6, 6.07) is 28.5. The molecule has 47 heavy (non-hydrogen) atoms. The Hall–Kier alpha value is -5.42. The normalized spacial score (nSPS) is 17.3. The SMILES string of the molecule is CC(C)=CNc1ccccc1C=NC1=CC=CC(C)(C)C(C2C=CC(c3nc(-c4ccccc4)nc(-c4ccccc4)n3)=CC2)=C1C. The molecule has 3 aromatic carbocycles. The fraction of sp³-hybridized carbons (Fsp3) is 0.190. The largest absolute Gasteiger partial charge is 0.361 e. The minimum atomic E-state index is -0.144. The number of hydrogen-bond acceptors (Lipinski definition) is 5. The molecule has 234 valence electrons. The number of anilines is 1. The summed E-state index contributed by atoms with van der Waals surface area (Å²) in [6.45, 7) is 10.9. The van der Waals surface area contributed by atoms with Crippen molar-refractivity contribution in [2.45, 2.75) is 41.0 Å². The molecule has 0 saturated carbocycles. The highest BCUT2D eigenvalue weighted by atomic mass is 15.0. The predicted molar refractivity (Wildman–Crippen MR) is 197 cm³/mol. The molecular weight excluding hydrogens is 574 g/mol. The number of aliphatic imine (C=N–C) groups is 1. The van der Waals surface area contributed by atoms with Gasteiger partial charge < -0.3 is 5.32 Å². The van der Waals surface area contributed by atoms with Gasteiger partial charge in [-0.3, -0.25) is 4.99 Å². The Morgan fingerprint density at radius 2 is 1.45 bits per heavy atom. The molecule has 1 unspecified atom stereocenters. The van der Waals surface area contributed by atoms with Crippen LogP contribution in [-0.2, 0) is 0 Å². The van der Waals surface area contributed by atoms with Crippen molar-refractivity contribution < 1.29 is 0 Å². The van der Waals surface area contributed by atoms with E-state index in [9.17, 15) is 0 Å². The van der Waals surface area contributed by atoms with Crippen LogP contribution in [0.1, 0.15) is 52.4 Å². The summed E-state index contributed by atoms with van der Waals surface area (Å²) in [4.78, 5) is 19.8. The summed E-state index contributed by atoms with van der Waals surface area (Å²) in [5.41, 5.74) is 9.62. The molecule has 0 spiro atoms. The second-order valence-electron chi connectivity index (χ2n) is 12.8. The quantitative estimate of drug-likeness (QED) is 0.200. The van der Waals surface area contributed by atoms with Crippen LogP contribution in [0.3, 0.4) is 0 Å². The van der Waals surface area contributed by atoms with Gasteiger partial charge in [0.05, 0.1) is 5.70 Å². The van der Waals surface area contributed by atoms with E-state index in [0.29, 0.717) is 17.5 Å². The van der Waals surface area contributed by atoms with Gasteiger partial charge in [-0.05, 0) is 56.7 Å². The van der Waals surface area contributed by atoms with Crippen molar-refractivity contribution in [3.63, 3.8) is 0 Å². The molecule has 0 radical (unpaired) electrons. The van der Waals surface area contributed by atoms with E-state index in [1.165, 1.54) is 16.7 Å². The van der Waals surface area contributed by atoms with Crippen LogP contribution in [0.15, 0.2) is 155 Å². The smallest absolute Gasteiger partial charge is 0.164 e. The van der Waals surface area contributed by atoms with Gasteiger partial charge in [-0.25, -0.2) is 15.0 Å². The van der Waals surface area contributed by atoms with Gasteiger partial charge >= 0.3 is 0 Å². The average Bonchev–Trinajstić information content (AvgIpc) is 3.21. The molecule has 5 nitrogen and oxygen atoms in total. The van der Waals surface area contributed by atoms with Gasteiger partial charge in [0.25, 0.3) is 0 Å². The van der Waals surface area contributed by atoms with E-state index in [-0.39, 0.29) is 11.3 Å². The molecule has 0 amide bonds. The third-order valence-electron chi connectivity index (χ3n) is 8.50. The number of benzene rings is 3. The molecule has 1 heterocycles. The van der Waals surface area contributed by atoms with E-state index in [4.69, 9.17) is 19.9 Å². The molecule has 2 aliphatic rings. The molecule has 5 heteroatoms. The predicted octanol–water partition coefficient (Wildman–Crippen LogP) is 10.4. The molecule has 0 aliphatic heterocycles. The molecular formula is C42H41N5. The summed E-state index contributed by atoms with van der Waals surface area (Å²) in [5.74, 6) is 2.24. The molecule has 0 fully saturated rings. The molecule has 0 saturated heterocycles. The molecule has 1 aromatic heterocycles. The van der Waals surface area contributed by atoms with Crippen LogP contribution < -0.4 is 5.32 Å². The van der Waals surface area contributed by atoms with Crippen molar-refractivity contribution in [2.75, 3.05) is 5.32 Å². The Labute approximate surface area is 278 Å². The standard InChI is InChI=1S/C42H41N5/c1-29(2)27-43-37-20-13-12-19-35(37)28-44-36-21-14-26-42(4,5)38(30(36)3)31-22-24-34(25-23-31)41-46-39(32-15-8-6-9-16-32)45-40(47-41)33-17-10-7-11-18-33/h6-22,24-28,31,43H,23H2,1-5H3. The van der Waals surface area contributed by atoms with Crippen molar-refractivity contribution >= 4 is 17.5 Å². The summed E-state index contributed by atoms with van der Waals surface area (Å²) in [7, 11) is 0. The average molecular weight is 616 g/mol. The Bertz CT molecular complexity index is 1910. The summed E-state index contributed by atoms with van der Waals surface area (Å²) in [5, 5.41) is 3.41. The number of hydrogen-bond donors (Lipinski definition) is 1. The lowest BCUT2D eigenvalue weighted by atomic mass is 9.72. The van der Waals surface area contributed by atoms with E-state index in [2.05, 4.69) is 88.5 Å². The van der Waals surface area contributed by atoms with E-state index in [0.717, 1.165) is 40.1 Å². The monoisotopic (exact) mass is 615 g/mol. The zero-order chi connectivity index (χ0) is 32.8. The van der Waals surface area contributed by atoms with E-state index >= 15 is 0 Å². The maximum Gasteiger partial charge on any atom is 0.164 e. The van der Waals surface area contributed by atoms with Gasteiger partial charge in [-0.15, -0.1) is 0 Å². The molecule has 1 N–H and O–H groups in total. The topological polar surface area (TPSA) is 63.1 Å². The molecule has 2 aliphatic carbocycles. The lowest BCUT2D eigenvalue weighted by Gasteiger charge is -2.32. The first-order chi connectivity index (χ1) is 22.8. The molecule has 4 aromatic rings. The Morgan fingerprint density at radius 1 is 0.830 bits per heavy atom. The maximum absolute atomic E-state index is 5.03. The van der Waals surface area contributed by atoms with E-state index in [1.54, 1.807) is 0 Å². The number of nitrogens with one attached hydrogen (secondary N) is 1. The van der Waals surface area contributed by atoms with Crippen LogP contribution in [-0.4, -0.2) is 21.2 Å². The van der Waals surface area contributed by atoms with Gasteiger partial charge in [-0.1, -0.05) is 129 Å². The third kappa shape index (κ3) is 7.36. The van der Waals surface area contributed by atoms with Crippen LogP contribution >= 0.6 is 0 Å². The number of rotatable bonds is 8. The van der Waals surface area contributed by atoms with Crippen molar-refractivity contribution in [1.29, 1.82) is 0 Å². The first-order valence-corrected chi connectivity index (χ1v) is 16.2. The summed E-state index contributed by atoms with van der Waals surface area (Å²) in [6.07, 6.45) is 18.1. The lowest BCUT2D eigenvalue weighted by Crippen LogP contribution is -2.20. The summed E-state index contributed by atoms with van der Waals surface area (Å²) < 4.78 is 0. The minimum Gasteiger partial charge on any atom is -0.361 e. The minimum absolute atomic E-state index is 0.144. The zero-order valence-electron chi connectivity index (χ0n) is 27.8. The van der Waals surface area contributed by atoms with Crippen molar-refractivity contribution in [2.24, 2.45) is 16.3 Å². The van der Waals surface area contributed by atoms with Crippen LogP contribution in [0.5, 0.6) is 0 Å². The van der Waals surface area contributed by atoms with Gasteiger partial charge in [0, 0.05) is 45.5 Å². The van der Waals surface area contributed by atoms with E-state index in [1.807, 2.05) is 85.2 Å². The molecule has 1 atom stereocenters. The highest BCUT2D eigenvalue weighted by Gasteiger charge is 2.31. The highest BCUT2D eigenvalue weighted by Crippen LogP contribution is 2.43. The fourth-order valence-electron chi connectivity index (χ4n) is 6.15. The first-order valence-electron chi connectivity index (χ1n) is 16.2. The Morgan fingerprint density at radius 3 is 2.06 bits per heavy atom. The van der Waals surface area contributed by atoms with Gasteiger partial charge in [0.2, 0.25) is 0 Å². The van der Waals surface area contributed by atoms with Crippen LogP contribution in [0.4, 0.5) is 5.69 Å². The second-order valence-corrected chi connectivity index (χ2v) is 12.8. The number of allylic oxidation sites excluding steroid dienone is 10. The number of aromatic nitrogens is 3. The number of para-hydroxylation sites is 1.